The standard InChI is InChI=1S/C15H14F2N4O2S/c1-9(2)21-15-10(7-19-21)5-11(8-18-15)20-24(22,23)12-3-4-13(16)14(17)6-12/h3-9,20H,1-2H3. The number of pyridine rings is 1. The fourth-order valence-corrected chi connectivity index (χ4v) is 3.28. The minimum atomic E-state index is -4.05. The van der Waals surface area contributed by atoms with E-state index in [0.717, 1.165) is 12.1 Å². The zero-order chi connectivity index (χ0) is 17.5. The monoisotopic (exact) mass is 352 g/mol. The summed E-state index contributed by atoms with van der Waals surface area (Å²) >= 11 is 0. The summed E-state index contributed by atoms with van der Waals surface area (Å²) in [5, 5.41) is 4.86. The van der Waals surface area contributed by atoms with E-state index in [1.165, 1.54) is 6.20 Å². The second kappa shape index (κ2) is 5.82. The zero-order valence-corrected chi connectivity index (χ0v) is 13.7. The third kappa shape index (κ3) is 2.94. The maximum absolute atomic E-state index is 13.2. The van der Waals surface area contributed by atoms with E-state index >= 15 is 0 Å². The van der Waals surface area contributed by atoms with Gasteiger partial charge in [0.15, 0.2) is 17.3 Å². The molecule has 0 fully saturated rings. The van der Waals surface area contributed by atoms with E-state index in [1.807, 2.05) is 13.8 Å². The first-order valence-corrected chi connectivity index (χ1v) is 8.57. The lowest BCUT2D eigenvalue weighted by Crippen LogP contribution is -2.13. The maximum Gasteiger partial charge on any atom is 0.262 e. The molecule has 1 aromatic carbocycles. The molecule has 0 amide bonds. The van der Waals surface area contributed by atoms with Crippen LogP contribution in [0.1, 0.15) is 19.9 Å². The molecule has 0 spiro atoms. The van der Waals surface area contributed by atoms with E-state index in [9.17, 15) is 17.2 Å². The Morgan fingerprint density at radius 3 is 2.54 bits per heavy atom. The Bertz CT molecular complexity index is 1020. The van der Waals surface area contributed by atoms with Gasteiger partial charge in [-0.25, -0.2) is 26.9 Å². The van der Waals surface area contributed by atoms with E-state index < -0.39 is 21.7 Å². The predicted octanol–water partition coefficient (Wildman–Crippen LogP) is 3.09. The van der Waals surface area contributed by atoms with Crippen molar-refractivity contribution < 1.29 is 17.2 Å². The van der Waals surface area contributed by atoms with E-state index in [1.54, 1.807) is 16.9 Å². The van der Waals surface area contributed by atoms with Crippen LogP contribution in [0, 0.1) is 11.6 Å². The number of halogens is 2. The Morgan fingerprint density at radius 2 is 1.88 bits per heavy atom. The van der Waals surface area contributed by atoms with Crippen LogP contribution in [0.5, 0.6) is 0 Å². The molecule has 0 radical (unpaired) electrons. The third-order valence-electron chi connectivity index (χ3n) is 3.38. The third-order valence-corrected chi connectivity index (χ3v) is 4.76. The quantitative estimate of drug-likeness (QED) is 0.783. The van der Waals surface area contributed by atoms with Gasteiger partial charge in [-0.2, -0.15) is 5.10 Å². The number of aromatic nitrogens is 3. The molecule has 0 unspecified atom stereocenters. The van der Waals surface area contributed by atoms with E-state index in [-0.39, 0.29) is 16.6 Å². The first-order valence-electron chi connectivity index (χ1n) is 7.09. The Morgan fingerprint density at radius 1 is 1.12 bits per heavy atom. The van der Waals surface area contributed by atoms with Crippen molar-refractivity contribution in [2.45, 2.75) is 24.8 Å². The van der Waals surface area contributed by atoms with Gasteiger partial charge in [0.05, 0.1) is 23.0 Å². The molecule has 24 heavy (non-hydrogen) atoms. The molecule has 0 aliphatic carbocycles. The normalized spacial score (nSPS) is 12.0. The fraction of sp³-hybridized carbons (Fsp3) is 0.200. The van der Waals surface area contributed by atoms with Crippen LogP contribution in [0.15, 0.2) is 41.6 Å². The Labute approximate surface area is 137 Å². The van der Waals surface area contributed by atoms with Gasteiger partial charge < -0.3 is 0 Å². The lowest BCUT2D eigenvalue weighted by atomic mass is 10.3. The van der Waals surface area contributed by atoms with Crippen molar-refractivity contribution in [1.82, 2.24) is 14.8 Å². The van der Waals surface area contributed by atoms with Gasteiger partial charge in [-0.3, -0.25) is 4.72 Å². The Hall–Kier alpha value is -2.55. The number of benzene rings is 1. The van der Waals surface area contributed by atoms with Crippen LogP contribution in [0.4, 0.5) is 14.5 Å². The van der Waals surface area contributed by atoms with E-state index in [2.05, 4.69) is 14.8 Å². The number of rotatable bonds is 4. The van der Waals surface area contributed by atoms with Gasteiger partial charge in [-0.15, -0.1) is 0 Å². The Kier molecular flexibility index (Phi) is 3.96. The van der Waals surface area contributed by atoms with Crippen LogP contribution in [0.2, 0.25) is 0 Å². The van der Waals surface area contributed by atoms with Crippen molar-refractivity contribution >= 4 is 26.7 Å². The molecule has 3 aromatic rings. The average molecular weight is 352 g/mol. The van der Waals surface area contributed by atoms with Crippen LogP contribution < -0.4 is 4.72 Å². The molecule has 0 bridgehead atoms. The molecule has 1 N–H and O–H groups in total. The molecular formula is C15H14F2N4O2S. The molecule has 9 heteroatoms. The SMILES string of the molecule is CC(C)n1ncc2cc(NS(=O)(=O)c3ccc(F)c(F)c3)cnc21. The van der Waals surface area contributed by atoms with Crippen molar-refractivity contribution in [1.29, 1.82) is 0 Å². The maximum atomic E-state index is 13.2. The summed E-state index contributed by atoms with van der Waals surface area (Å²) in [5.41, 5.74) is 0.830. The summed E-state index contributed by atoms with van der Waals surface area (Å²) in [6.45, 7) is 3.90. The molecule has 0 aliphatic heterocycles. The highest BCUT2D eigenvalue weighted by Crippen LogP contribution is 2.22. The molecule has 0 atom stereocenters. The van der Waals surface area contributed by atoms with Gasteiger partial charge in [-0.05, 0) is 38.1 Å². The molecular weight excluding hydrogens is 338 g/mol. The van der Waals surface area contributed by atoms with Gasteiger partial charge in [0.25, 0.3) is 10.0 Å². The lowest BCUT2D eigenvalue weighted by Gasteiger charge is -2.09. The molecule has 2 heterocycles. The second-order valence-electron chi connectivity index (χ2n) is 5.50. The number of nitrogens with one attached hydrogen (secondary N) is 1. The van der Waals surface area contributed by atoms with E-state index in [0.29, 0.717) is 17.1 Å². The van der Waals surface area contributed by atoms with Crippen molar-refractivity contribution in [2.24, 2.45) is 0 Å². The van der Waals surface area contributed by atoms with Gasteiger partial charge in [0.1, 0.15) is 0 Å². The number of hydrogen-bond acceptors (Lipinski definition) is 4. The lowest BCUT2D eigenvalue weighted by molar-refractivity contribution is 0.504. The smallest absolute Gasteiger partial charge is 0.262 e. The van der Waals surface area contributed by atoms with Crippen LogP contribution in [-0.2, 0) is 10.0 Å². The van der Waals surface area contributed by atoms with Crippen molar-refractivity contribution in [3.63, 3.8) is 0 Å². The van der Waals surface area contributed by atoms with Crippen molar-refractivity contribution in [3.05, 3.63) is 48.3 Å². The van der Waals surface area contributed by atoms with E-state index in [4.69, 9.17) is 0 Å². The van der Waals surface area contributed by atoms with Crippen LogP contribution >= 0.6 is 0 Å². The van der Waals surface area contributed by atoms with Crippen molar-refractivity contribution in [3.8, 4) is 0 Å². The highest BCUT2D eigenvalue weighted by molar-refractivity contribution is 7.92. The molecule has 6 nitrogen and oxygen atoms in total. The fourth-order valence-electron chi connectivity index (χ4n) is 2.23. The molecule has 2 aromatic heterocycles. The first kappa shape index (κ1) is 16.3. The average Bonchev–Trinajstić information content (AvgIpc) is 2.92. The van der Waals surface area contributed by atoms with Gasteiger partial charge in [0, 0.05) is 11.4 Å². The molecule has 3 rings (SSSR count). The number of fused-ring (bicyclic) bond motifs is 1. The Balaban J connectivity index is 1.95. The molecule has 126 valence electrons. The van der Waals surface area contributed by atoms with Crippen LogP contribution in [-0.4, -0.2) is 23.2 Å². The highest BCUT2D eigenvalue weighted by atomic mass is 32.2. The topological polar surface area (TPSA) is 76.9 Å². The number of nitrogens with zero attached hydrogens (tertiary/aromatic N) is 3. The minimum absolute atomic E-state index is 0.111. The van der Waals surface area contributed by atoms with Crippen LogP contribution in [0.3, 0.4) is 0 Å². The minimum Gasteiger partial charge on any atom is -0.278 e. The summed E-state index contributed by atoms with van der Waals surface area (Å²) in [4.78, 5) is 3.84. The largest absolute Gasteiger partial charge is 0.278 e. The zero-order valence-electron chi connectivity index (χ0n) is 12.9. The van der Waals surface area contributed by atoms with Gasteiger partial charge in [0.2, 0.25) is 0 Å². The summed E-state index contributed by atoms with van der Waals surface area (Å²) in [5.74, 6) is -2.34. The number of anilines is 1. The van der Waals surface area contributed by atoms with Gasteiger partial charge >= 0.3 is 0 Å². The molecule has 0 saturated carbocycles. The van der Waals surface area contributed by atoms with Crippen LogP contribution in [0.25, 0.3) is 11.0 Å². The van der Waals surface area contributed by atoms with Crippen molar-refractivity contribution in [2.75, 3.05) is 4.72 Å². The molecule has 0 aliphatic rings. The summed E-state index contributed by atoms with van der Waals surface area (Å²) in [7, 11) is -4.05. The number of sulfonamides is 1. The first-order chi connectivity index (χ1) is 11.3. The molecule has 0 saturated heterocycles. The summed E-state index contributed by atoms with van der Waals surface area (Å²) < 4.78 is 54.7. The van der Waals surface area contributed by atoms with Gasteiger partial charge in [-0.1, -0.05) is 0 Å². The predicted molar refractivity (Wildman–Crippen MR) is 85.1 cm³/mol. The summed E-state index contributed by atoms with van der Waals surface area (Å²) in [6.07, 6.45) is 2.93. The second-order valence-corrected chi connectivity index (χ2v) is 7.18. The highest BCUT2D eigenvalue weighted by Gasteiger charge is 2.17. The number of hydrogen-bond donors (Lipinski definition) is 1. The summed E-state index contributed by atoms with van der Waals surface area (Å²) in [6, 6.07) is 4.06.